The fourth-order valence-corrected chi connectivity index (χ4v) is 1.40. The van der Waals surface area contributed by atoms with Gasteiger partial charge in [-0.05, 0) is 18.2 Å². The van der Waals surface area contributed by atoms with Crippen LogP contribution in [0.1, 0.15) is 0 Å². The number of rotatable bonds is 2. The predicted octanol–water partition coefficient (Wildman–Crippen LogP) is 1.52. The maximum Gasteiger partial charge on any atom is 0.411 e. The molecule has 5 nitrogen and oxygen atoms in total. The summed E-state index contributed by atoms with van der Waals surface area (Å²) in [5, 5.41) is 2.21. The Morgan fingerprint density at radius 2 is 2.13 bits per heavy atom. The number of anilines is 1. The first kappa shape index (κ1) is 11.4. The van der Waals surface area contributed by atoms with Gasteiger partial charge in [-0.15, -0.1) is 3.89 Å². The molecule has 0 unspecified atom stereocenters. The lowest BCUT2D eigenvalue weighted by atomic mass is 10.3. The molecule has 0 radical (unpaired) electrons. The largest absolute Gasteiger partial charge is 0.453 e. The number of nitrogens with one attached hydrogen (secondary N) is 1. The van der Waals surface area contributed by atoms with Crippen LogP contribution in [-0.4, -0.2) is 21.6 Å². The van der Waals surface area contributed by atoms with Crippen molar-refractivity contribution in [2.24, 2.45) is 0 Å². The van der Waals surface area contributed by atoms with Gasteiger partial charge in [0.15, 0.2) is 0 Å². The maximum atomic E-state index is 12.5. The number of hydrogen-bond acceptors (Lipinski definition) is 4. The molecule has 0 saturated heterocycles. The Balaban J connectivity index is 2.99. The van der Waals surface area contributed by atoms with E-state index in [-0.39, 0.29) is 5.69 Å². The molecule has 1 aromatic rings. The van der Waals surface area contributed by atoms with Gasteiger partial charge >= 0.3 is 16.3 Å². The Labute approximate surface area is 86.1 Å². The predicted molar refractivity (Wildman–Crippen MR) is 50.8 cm³/mol. The van der Waals surface area contributed by atoms with E-state index < -0.39 is 21.2 Å². The van der Waals surface area contributed by atoms with Crippen molar-refractivity contribution in [2.75, 3.05) is 12.4 Å². The van der Waals surface area contributed by atoms with E-state index in [9.17, 15) is 17.1 Å². The molecule has 1 aromatic carbocycles. The number of halogens is 1. The van der Waals surface area contributed by atoms with Crippen molar-refractivity contribution in [1.29, 1.82) is 0 Å². The normalized spacial score (nSPS) is 10.8. The van der Waals surface area contributed by atoms with Crippen molar-refractivity contribution in [3.05, 3.63) is 24.3 Å². The standard InChI is InChI=1S/C8H8FNO4S/c1-14-8(11)10-6-3-2-4-7(5-6)15(9,12)13/h2-5H,1H3,(H,10,11). The molecule has 0 aliphatic carbocycles. The van der Waals surface area contributed by atoms with Gasteiger partial charge in [-0.2, -0.15) is 8.42 Å². The van der Waals surface area contributed by atoms with Crippen molar-refractivity contribution in [1.82, 2.24) is 0 Å². The maximum absolute atomic E-state index is 12.5. The van der Waals surface area contributed by atoms with Crippen molar-refractivity contribution in [3.8, 4) is 0 Å². The molecule has 1 amide bonds. The first-order valence-electron chi connectivity index (χ1n) is 3.83. The second kappa shape index (κ2) is 4.26. The molecule has 7 heteroatoms. The van der Waals surface area contributed by atoms with Gasteiger partial charge in [0.1, 0.15) is 4.90 Å². The van der Waals surface area contributed by atoms with Crippen LogP contribution in [0.4, 0.5) is 14.4 Å². The van der Waals surface area contributed by atoms with Crippen molar-refractivity contribution < 1.29 is 21.8 Å². The van der Waals surface area contributed by atoms with E-state index in [0.29, 0.717) is 0 Å². The molecule has 0 aliphatic rings. The van der Waals surface area contributed by atoms with E-state index in [4.69, 9.17) is 0 Å². The summed E-state index contributed by atoms with van der Waals surface area (Å²) in [5.74, 6) is 0. The number of amides is 1. The quantitative estimate of drug-likeness (QED) is 0.786. The smallest absolute Gasteiger partial charge is 0.411 e. The van der Waals surface area contributed by atoms with Crippen LogP contribution in [0.25, 0.3) is 0 Å². The van der Waals surface area contributed by atoms with E-state index in [1.165, 1.54) is 12.1 Å². The first-order chi connectivity index (χ1) is 6.93. The zero-order chi connectivity index (χ0) is 11.5. The Kier molecular flexibility index (Phi) is 3.25. The molecule has 0 bridgehead atoms. The third kappa shape index (κ3) is 3.21. The van der Waals surface area contributed by atoms with Crippen molar-refractivity contribution >= 4 is 22.0 Å². The number of benzene rings is 1. The van der Waals surface area contributed by atoms with Gasteiger partial charge in [-0.25, -0.2) is 4.79 Å². The summed E-state index contributed by atoms with van der Waals surface area (Å²) in [6, 6.07) is 4.79. The van der Waals surface area contributed by atoms with Crippen LogP contribution in [0.3, 0.4) is 0 Å². The molecule has 82 valence electrons. The number of methoxy groups -OCH3 is 1. The Hall–Kier alpha value is -1.63. The molecular formula is C8H8FNO4S. The fourth-order valence-electron chi connectivity index (χ4n) is 0.894. The summed E-state index contributed by atoms with van der Waals surface area (Å²) in [6.45, 7) is 0. The van der Waals surface area contributed by atoms with Gasteiger partial charge in [-0.3, -0.25) is 5.32 Å². The van der Waals surface area contributed by atoms with Gasteiger partial charge in [0, 0.05) is 5.69 Å². The summed E-state index contributed by atoms with van der Waals surface area (Å²) >= 11 is 0. The van der Waals surface area contributed by atoms with Crippen molar-refractivity contribution in [2.45, 2.75) is 4.90 Å². The summed E-state index contributed by atoms with van der Waals surface area (Å²) in [5.41, 5.74) is 0.139. The molecule has 1 rings (SSSR count). The van der Waals surface area contributed by atoms with E-state index in [2.05, 4.69) is 10.1 Å². The first-order valence-corrected chi connectivity index (χ1v) is 5.21. The summed E-state index contributed by atoms with van der Waals surface area (Å²) in [6.07, 6.45) is -0.761. The zero-order valence-electron chi connectivity index (χ0n) is 7.73. The number of hydrogen-bond donors (Lipinski definition) is 1. The monoisotopic (exact) mass is 233 g/mol. The van der Waals surface area contributed by atoms with E-state index in [1.807, 2.05) is 0 Å². The molecule has 0 heterocycles. The minimum absolute atomic E-state index is 0.139. The summed E-state index contributed by atoms with van der Waals surface area (Å²) in [4.78, 5) is 10.2. The minimum atomic E-state index is -4.76. The van der Waals surface area contributed by atoms with Gasteiger partial charge in [0.25, 0.3) is 0 Å². The second-order valence-electron chi connectivity index (χ2n) is 2.58. The van der Waals surface area contributed by atoms with Crippen LogP contribution in [-0.2, 0) is 15.0 Å². The molecule has 1 N–H and O–H groups in total. The molecular weight excluding hydrogens is 225 g/mol. The highest BCUT2D eigenvalue weighted by atomic mass is 32.3. The van der Waals surface area contributed by atoms with E-state index in [1.54, 1.807) is 0 Å². The van der Waals surface area contributed by atoms with Crippen LogP contribution in [0.2, 0.25) is 0 Å². The molecule has 15 heavy (non-hydrogen) atoms. The van der Waals surface area contributed by atoms with Gasteiger partial charge in [-0.1, -0.05) is 6.07 Å². The second-order valence-corrected chi connectivity index (χ2v) is 3.93. The molecule has 0 spiro atoms. The lowest BCUT2D eigenvalue weighted by Crippen LogP contribution is -2.11. The SMILES string of the molecule is COC(=O)Nc1cccc(S(=O)(=O)F)c1. The fraction of sp³-hybridized carbons (Fsp3) is 0.125. The molecule has 0 aromatic heterocycles. The van der Waals surface area contributed by atoms with Gasteiger partial charge < -0.3 is 4.74 Å². The minimum Gasteiger partial charge on any atom is -0.453 e. The molecule has 0 atom stereocenters. The Morgan fingerprint density at radius 1 is 1.47 bits per heavy atom. The van der Waals surface area contributed by atoms with Crippen LogP contribution < -0.4 is 5.32 Å². The number of carbonyl (C=O) groups is 1. The van der Waals surface area contributed by atoms with Crippen LogP contribution >= 0.6 is 0 Å². The zero-order valence-corrected chi connectivity index (χ0v) is 8.55. The number of ether oxygens (including phenoxy) is 1. The average Bonchev–Trinajstić information content (AvgIpc) is 2.17. The third-order valence-electron chi connectivity index (χ3n) is 1.55. The van der Waals surface area contributed by atoms with Crippen LogP contribution in [0, 0.1) is 0 Å². The molecule has 0 fully saturated rings. The van der Waals surface area contributed by atoms with E-state index in [0.717, 1.165) is 19.2 Å². The number of carbonyl (C=O) groups excluding carboxylic acids is 1. The summed E-state index contributed by atoms with van der Waals surface area (Å²) in [7, 11) is -3.60. The Morgan fingerprint density at radius 3 is 2.67 bits per heavy atom. The third-order valence-corrected chi connectivity index (χ3v) is 2.36. The lowest BCUT2D eigenvalue weighted by Gasteiger charge is -2.03. The average molecular weight is 233 g/mol. The van der Waals surface area contributed by atoms with Crippen LogP contribution in [0.15, 0.2) is 29.2 Å². The highest BCUT2D eigenvalue weighted by Crippen LogP contribution is 2.17. The highest BCUT2D eigenvalue weighted by molar-refractivity contribution is 7.86. The van der Waals surface area contributed by atoms with Crippen LogP contribution in [0.5, 0.6) is 0 Å². The summed E-state index contributed by atoms with van der Waals surface area (Å²) < 4.78 is 37.9. The lowest BCUT2D eigenvalue weighted by molar-refractivity contribution is 0.187. The van der Waals surface area contributed by atoms with Gasteiger partial charge in [0.2, 0.25) is 0 Å². The van der Waals surface area contributed by atoms with Crippen molar-refractivity contribution in [3.63, 3.8) is 0 Å². The molecule has 0 saturated carbocycles. The topological polar surface area (TPSA) is 72.5 Å². The van der Waals surface area contributed by atoms with E-state index >= 15 is 0 Å². The van der Waals surface area contributed by atoms with Gasteiger partial charge in [0.05, 0.1) is 7.11 Å². The Bertz CT molecular complexity index is 471. The molecule has 0 aliphatic heterocycles. The highest BCUT2D eigenvalue weighted by Gasteiger charge is 2.12.